The Kier molecular flexibility index (Phi) is 4.71. The van der Waals surface area contributed by atoms with Crippen LogP contribution >= 0.6 is 11.6 Å². The van der Waals surface area contributed by atoms with Crippen molar-refractivity contribution in [2.24, 2.45) is 16.9 Å². The van der Waals surface area contributed by atoms with Gasteiger partial charge in [-0.1, -0.05) is 20.4 Å². The minimum atomic E-state index is -0.309. The Labute approximate surface area is 130 Å². The minimum Gasteiger partial charge on any atom is -0.308 e. The number of carbonyl (C=O) groups is 2. The van der Waals surface area contributed by atoms with Crippen molar-refractivity contribution in [2.75, 3.05) is 0 Å². The molecule has 1 aliphatic carbocycles. The lowest BCUT2D eigenvalue weighted by atomic mass is 9.79. The molecule has 0 aromatic heterocycles. The molecule has 21 heavy (non-hydrogen) atoms. The number of amidine groups is 1. The van der Waals surface area contributed by atoms with Crippen molar-refractivity contribution < 1.29 is 9.59 Å². The van der Waals surface area contributed by atoms with Crippen LogP contribution < -0.4 is 5.32 Å². The van der Waals surface area contributed by atoms with E-state index in [4.69, 9.17) is 11.6 Å². The lowest BCUT2D eigenvalue weighted by Crippen LogP contribution is -2.48. The number of hydrazone groups is 1. The van der Waals surface area contributed by atoms with E-state index in [1.54, 1.807) is 6.92 Å². The van der Waals surface area contributed by atoms with Crippen molar-refractivity contribution in [1.82, 2.24) is 10.3 Å². The highest BCUT2D eigenvalue weighted by atomic mass is 35.5. The summed E-state index contributed by atoms with van der Waals surface area (Å²) in [5, 5.41) is 8.28. The lowest BCUT2D eigenvalue weighted by molar-refractivity contribution is -0.132. The van der Waals surface area contributed by atoms with Crippen molar-refractivity contribution in [3.05, 3.63) is 12.2 Å². The van der Waals surface area contributed by atoms with Gasteiger partial charge in [-0.25, -0.2) is 5.01 Å². The second kappa shape index (κ2) is 6.18. The Morgan fingerprint density at radius 3 is 2.67 bits per heavy atom. The summed E-state index contributed by atoms with van der Waals surface area (Å²) < 4.78 is 0. The van der Waals surface area contributed by atoms with Crippen LogP contribution in [0.4, 0.5) is 0 Å². The first-order chi connectivity index (χ1) is 9.79. The van der Waals surface area contributed by atoms with Crippen molar-refractivity contribution >= 4 is 29.3 Å². The number of nitrogens with zero attached hydrogens (tertiary/aromatic N) is 2. The van der Waals surface area contributed by atoms with Gasteiger partial charge in [-0.3, -0.25) is 9.59 Å². The largest absolute Gasteiger partial charge is 0.308 e. The Hall–Kier alpha value is -1.36. The predicted molar refractivity (Wildman–Crippen MR) is 82.8 cm³/mol. The van der Waals surface area contributed by atoms with Crippen molar-refractivity contribution in [1.29, 1.82) is 0 Å². The van der Waals surface area contributed by atoms with Crippen molar-refractivity contribution in [3.8, 4) is 0 Å². The van der Waals surface area contributed by atoms with E-state index in [0.717, 1.165) is 12.8 Å². The van der Waals surface area contributed by atoms with E-state index in [2.05, 4.69) is 30.8 Å². The third-order valence-corrected chi connectivity index (χ3v) is 4.52. The SMILES string of the molecule is C=C(C)C(=O)NC1=NN(C2C(C)CC(C)CC2Cl)C(=O)C1. The Bertz CT molecular complexity index is 491. The van der Waals surface area contributed by atoms with Gasteiger partial charge in [0.15, 0.2) is 0 Å². The molecule has 2 rings (SSSR count). The summed E-state index contributed by atoms with van der Waals surface area (Å²) in [6.07, 6.45) is 2.02. The Morgan fingerprint density at radius 2 is 2.10 bits per heavy atom. The molecule has 2 amide bonds. The van der Waals surface area contributed by atoms with Gasteiger partial charge < -0.3 is 5.32 Å². The van der Waals surface area contributed by atoms with Crippen LogP contribution in [0.1, 0.15) is 40.0 Å². The molecular formula is C15H22ClN3O2. The fraction of sp³-hybridized carbons (Fsp3) is 0.667. The lowest BCUT2D eigenvalue weighted by Gasteiger charge is -2.39. The Balaban J connectivity index is 2.12. The fourth-order valence-electron chi connectivity index (χ4n) is 3.13. The first-order valence-corrected chi connectivity index (χ1v) is 7.73. The quantitative estimate of drug-likeness (QED) is 0.628. The number of alkyl halides is 1. The molecule has 4 atom stereocenters. The summed E-state index contributed by atoms with van der Waals surface area (Å²) in [5.41, 5.74) is 0.388. The molecule has 5 nitrogen and oxygen atoms in total. The summed E-state index contributed by atoms with van der Waals surface area (Å²) in [6.45, 7) is 9.46. The number of amides is 2. The molecule has 2 aliphatic rings. The maximum atomic E-state index is 12.2. The van der Waals surface area contributed by atoms with E-state index in [-0.39, 0.29) is 29.7 Å². The maximum Gasteiger partial charge on any atom is 0.251 e. The Morgan fingerprint density at radius 1 is 1.43 bits per heavy atom. The molecule has 0 aromatic rings. The van der Waals surface area contributed by atoms with Gasteiger partial charge in [0.05, 0.1) is 17.8 Å². The van der Waals surface area contributed by atoms with E-state index in [0.29, 0.717) is 23.2 Å². The summed E-state index contributed by atoms with van der Waals surface area (Å²) in [4.78, 5) is 23.8. The summed E-state index contributed by atoms with van der Waals surface area (Å²) in [7, 11) is 0. The molecule has 0 aromatic carbocycles. The number of carbonyl (C=O) groups excluding carboxylic acids is 2. The molecule has 0 bridgehead atoms. The molecule has 1 fully saturated rings. The maximum absolute atomic E-state index is 12.2. The molecule has 0 saturated heterocycles. The zero-order valence-corrected chi connectivity index (χ0v) is 13.5. The zero-order valence-electron chi connectivity index (χ0n) is 12.7. The van der Waals surface area contributed by atoms with E-state index in [9.17, 15) is 9.59 Å². The van der Waals surface area contributed by atoms with Gasteiger partial charge in [0.1, 0.15) is 5.84 Å². The zero-order chi connectivity index (χ0) is 15.7. The van der Waals surface area contributed by atoms with Gasteiger partial charge in [-0.05, 0) is 31.6 Å². The van der Waals surface area contributed by atoms with Crippen LogP contribution in [0.15, 0.2) is 17.3 Å². The molecule has 1 heterocycles. The van der Waals surface area contributed by atoms with Crippen molar-refractivity contribution in [3.63, 3.8) is 0 Å². The third-order valence-electron chi connectivity index (χ3n) is 4.09. The van der Waals surface area contributed by atoms with Crippen molar-refractivity contribution in [2.45, 2.75) is 51.5 Å². The van der Waals surface area contributed by atoms with Crippen LogP contribution in [0, 0.1) is 11.8 Å². The molecule has 1 N–H and O–H groups in total. The third kappa shape index (κ3) is 3.46. The van der Waals surface area contributed by atoms with E-state index in [1.807, 2.05) is 0 Å². The first-order valence-electron chi connectivity index (χ1n) is 7.30. The molecule has 1 aliphatic heterocycles. The van der Waals surface area contributed by atoms with Gasteiger partial charge in [-0.15, -0.1) is 11.6 Å². The van der Waals surface area contributed by atoms with Crippen LogP contribution in [0.3, 0.4) is 0 Å². The monoisotopic (exact) mass is 311 g/mol. The van der Waals surface area contributed by atoms with Crippen LogP contribution in [-0.2, 0) is 9.59 Å². The average molecular weight is 312 g/mol. The van der Waals surface area contributed by atoms with Crippen LogP contribution in [0.2, 0.25) is 0 Å². The number of halogens is 1. The molecule has 1 saturated carbocycles. The van der Waals surface area contributed by atoms with Gasteiger partial charge in [0, 0.05) is 5.57 Å². The predicted octanol–water partition coefficient (Wildman–Crippen LogP) is 2.27. The standard InChI is InChI=1S/C15H22ClN3O2/c1-8(2)15(21)17-12-7-13(20)19(18-12)14-10(4)5-9(3)6-11(14)16/h9-11,14H,1,5-7H2,2-4H3,(H,17,18,21). The van der Waals surface area contributed by atoms with Crippen LogP contribution in [-0.4, -0.2) is 34.1 Å². The minimum absolute atomic E-state index is 0.102. The molecule has 0 spiro atoms. The van der Waals surface area contributed by atoms with E-state index in [1.165, 1.54) is 5.01 Å². The van der Waals surface area contributed by atoms with E-state index >= 15 is 0 Å². The highest BCUT2D eigenvalue weighted by Crippen LogP contribution is 2.36. The van der Waals surface area contributed by atoms with Gasteiger partial charge >= 0.3 is 0 Å². The second-order valence-electron chi connectivity index (χ2n) is 6.26. The summed E-state index contributed by atoms with van der Waals surface area (Å²) >= 11 is 6.46. The van der Waals surface area contributed by atoms with Gasteiger partial charge in [0.2, 0.25) is 0 Å². The van der Waals surface area contributed by atoms with Gasteiger partial charge in [0.25, 0.3) is 11.8 Å². The number of nitrogens with one attached hydrogen (secondary N) is 1. The molecule has 6 heteroatoms. The van der Waals surface area contributed by atoms with E-state index < -0.39 is 0 Å². The molecule has 116 valence electrons. The second-order valence-corrected chi connectivity index (χ2v) is 6.82. The number of rotatable bonds is 2. The summed E-state index contributed by atoms with van der Waals surface area (Å²) in [6, 6.07) is -0.102. The normalized spacial score (nSPS) is 32.9. The topological polar surface area (TPSA) is 61.8 Å². The highest BCUT2D eigenvalue weighted by Gasteiger charge is 2.41. The number of hydrogen-bond acceptors (Lipinski definition) is 3. The van der Waals surface area contributed by atoms with Gasteiger partial charge in [-0.2, -0.15) is 5.10 Å². The van der Waals surface area contributed by atoms with Crippen LogP contribution in [0.5, 0.6) is 0 Å². The fourth-order valence-corrected chi connectivity index (χ4v) is 3.79. The van der Waals surface area contributed by atoms with Crippen LogP contribution in [0.25, 0.3) is 0 Å². The molecule has 4 unspecified atom stereocenters. The summed E-state index contributed by atoms with van der Waals surface area (Å²) in [5.74, 6) is 0.811. The smallest absolute Gasteiger partial charge is 0.251 e. The molecule has 0 radical (unpaired) electrons. The average Bonchev–Trinajstić information content (AvgIpc) is 2.68. The highest BCUT2D eigenvalue weighted by molar-refractivity contribution is 6.21. The molecular weight excluding hydrogens is 290 g/mol. The first kappa shape index (κ1) is 16.0. The number of hydrogen-bond donors (Lipinski definition) is 1.